The maximum Gasteiger partial charge on any atom is 0.326 e. The Morgan fingerprint density at radius 2 is 2.04 bits per heavy atom. The minimum Gasteiger partial charge on any atom is -0.480 e. The highest BCUT2D eigenvalue weighted by atomic mass is 16.4. The van der Waals surface area contributed by atoms with E-state index in [-0.39, 0.29) is 11.9 Å². The number of likely N-dealkylation sites (tertiary alicyclic amines) is 1. The number of benzene rings is 1. The predicted octanol–water partition coefficient (Wildman–Crippen LogP) is 2.47. The molecular weight excluding hydrogens is 320 g/mol. The largest absolute Gasteiger partial charge is 0.480 e. The van der Waals surface area contributed by atoms with Crippen molar-refractivity contribution in [3.05, 3.63) is 60.1 Å². The number of rotatable bonds is 5. The Labute approximate surface area is 146 Å². The molecule has 1 aromatic heterocycles. The predicted molar refractivity (Wildman–Crippen MR) is 92.1 cm³/mol. The molecule has 3 rings (SSSR count). The molecule has 1 aliphatic rings. The molecule has 6 heteroatoms. The molecule has 1 fully saturated rings. The van der Waals surface area contributed by atoms with Crippen molar-refractivity contribution in [2.24, 2.45) is 0 Å². The highest BCUT2D eigenvalue weighted by Crippen LogP contribution is 2.24. The Bertz CT molecular complexity index is 714. The van der Waals surface area contributed by atoms with Crippen LogP contribution in [-0.4, -0.2) is 52.5 Å². The summed E-state index contributed by atoms with van der Waals surface area (Å²) in [7, 11) is 2.00. The first-order chi connectivity index (χ1) is 12.1. The van der Waals surface area contributed by atoms with Gasteiger partial charge in [0.2, 0.25) is 0 Å². The average Bonchev–Trinajstić information content (AvgIpc) is 3.16. The van der Waals surface area contributed by atoms with Gasteiger partial charge in [0, 0.05) is 19.1 Å². The topological polar surface area (TPSA) is 74.0 Å². The van der Waals surface area contributed by atoms with Crippen molar-refractivity contribution in [2.45, 2.75) is 31.5 Å². The zero-order valence-corrected chi connectivity index (χ0v) is 14.2. The summed E-state index contributed by atoms with van der Waals surface area (Å²) in [6.45, 7) is 1.18. The van der Waals surface area contributed by atoms with E-state index in [1.807, 2.05) is 25.2 Å². The summed E-state index contributed by atoms with van der Waals surface area (Å²) < 4.78 is 4.94. The third-order valence-corrected chi connectivity index (χ3v) is 4.79. The summed E-state index contributed by atoms with van der Waals surface area (Å²) in [5.41, 5.74) is 1.58. The van der Waals surface area contributed by atoms with Crippen molar-refractivity contribution in [1.29, 1.82) is 0 Å². The quantitative estimate of drug-likeness (QED) is 0.903. The average molecular weight is 342 g/mol. The second kappa shape index (κ2) is 7.53. The Morgan fingerprint density at radius 1 is 1.28 bits per heavy atom. The fourth-order valence-electron chi connectivity index (χ4n) is 3.38. The Balaban J connectivity index is 1.68. The van der Waals surface area contributed by atoms with Crippen molar-refractivity contribution in [2.75, 3.05) is 13.6 Å². The SMILES string of the molecule is CN(Cc1ccccc1)C1CCN(C(=O)c2ccoc2)C(C(=O)O)C1. The molecule has 1 aliphatic heterocycles. The number of hydrogen-bond acceptors (Lipinski definition) is 4. The summed E-state index contributed by atoms with van der Waals surface area (Å²) >= 11 is 0. The van der Waals surface area contributed by atoms with Gasteiger partial charge in [0.1, 0.15) is 12.3 Å². The van der Waals surface area contributed by atoms with E-state index in [4.69, 9.17) is 4.42 Å². The van der Waals surface area contributed by atoms with Gasteiger partial charge in [-0.1, -0.05) is 30.3 Å². The van der Waals surface area contributed by atoms with Crippen LogP contribution in [0.4, 0.5) is 0 Å². The summed E-state index contributed by atoms with van der Waals surface area (Å²) in [6, 6.07) is 10.9. The van der Waals surface area contributed by atoms with Crippen LogP contribution >= 0.6 is 0 Å². The second-order valence-corrected chi connectivity index (χ2v) is 6.44. The van der Waals surface area contributed by atoms with Gasteiger partial charge in [-0.15, -0.1) is 0 Å². The summed E-state index contributed by atoms with van der Waals surface area (Å²) in [6.07, 6.45) is 3.94. The van der Waals surface area contributed by atoms with Crippen LogP contribution in [0.15, 0.2) is 53.3 Å². The summed E-state index contributed by atoms with van der Waals surface area (Å²) in [5.74, 6) is -1.25. The van der Waals surface area contributed by atoms with E-state index in [0.29, 0.717) is 18.5 Å². The smallest absolute Gasteiger partial charge is 0.326 e. The Kier molecular flexibility index (Phi) is 5.19. The number of carboxylic acids is 1. The van der Waals surface area contributed by atoms with Gasteiger partial charge in [0.25, 0.3) is 5.91 Å². The standard InChI is InChI=1S/C19H22N2O4/c1-20(12-14-5-3-2-4-6-14)16-7-9-21(17(11-16)19(23)24)18(22)15-8-10-25-13-15/h2-6,8,10,13,16-17H,7,9,11-12H2,1H3,(H,23,24). The van der Waals surface area contributed by atoms with Crippen molar-refractivity contribution >= 4 is 11.9 Å². The van der Waals surface area contributed by atoms with Crippen LogP contribution < -0.4 is 0 Å². The molecule has 1 saturated heterocycles. The lowest BCUT2D eigenvalue weighted by Crippen LogP contribution is -2.54. The molecule has 1 amide bonds. The molecule has 0 radical (unpaired) electrons. The van der Waals surface area contributed by atoms with Crippen LogP contribution in [0.25, 0.3) is 0 Å². The van der Waals surface area contributed by atoms with Crippen LogP contribution in [0, 0.1) is 0 Å². The highest BCUT2D eigenvalue weighted by Gasteiger charge is 2.38. The number of aliphatic carboxylic acids is 1. The van der Waals surface area contributed by atoms with E-state index in [1.165, 1.54) is 23.0 Å². The van der Waals surface area contributed by atoms with Crippen molar-refractivity contribution < 1.29 is 19.1 Å². The number of carboxylic acid groups (broad SMARTS) is 1. The Morgan fingerprint density at radius 3 is 2.68 bits per heavy atom. The van der Waals surface area contributed by atoms with E-state index < -0.39 is 12.0 Å². The number of hydrogen-bond donors (Lipinski definition) is 1. The lowest BCUT2D eigenvalue weighted by molar-refractivity contribution is -0.144. The van der Waals surface area contributed by atoms with Gasteiger partial charge in [0.05, 0.1) is 11.8 Å². The van der Waals surface area contributed by atoms with Crippen molar-refractivity contribution in [1.82, 2.24) is 9.80 Å². The molecule has 25 heavy (non-hydrogen) atoms. The maximum absolute atomic E-state index is 12.5. The van der Waals surface area contributed by atoms with E-state index in [1.54, 1.807) is 6.07 Å². The fourth-order valence-corrected chi connectivity index (χ4v) is 3.38. The first-order valence-electron chi connectivity index (χ1n) is 8.36. The van der Waals surface area contributed by atoms with E-state index >= 15 is 0 Å². The van der Waals surface area contributed by atoms with Gasteiger partial charge >= 0.3 is 5.97 Å². The van der Waals surface area contributed by atoms with Gasteiger partial charge in [-0.05, 0) is 31.5 Å². The second-order valence-electron chi connectivity index (χ2n) is 6.44. The molecule has 0 aliphatic carbocycles. The Hall–Kier alpha value is -2.60. The number of piperidine rings is 1. The molecule has 6 nitrogen and oxygen atoms in total. The molecule has 1 N–H and O–H groups in total. The first-order valence-corrected chi connectivity index (χ1v) is 8.36. The van der Waals surface area contributed by atoms with Gasteiger partial charge < -0.3 is 14.4 Å². The molecule has 2 aromatic rings. The fraction of sp³-hybridized carbons (Fsp3) is 0.368. The number of furan rings is 1. The third kappa shape index (κ3) is 3.91. The molecular formula is C19H22N2O4. The first kappa shape index (κ1) is 17.2. The van der Waals surface area contributed by atoms with Crippen LogP contribution in [0.2, 0.25) is 0 Å². The molecule has 2 atom stereocenters. The molecule has 2 heterocycles. The number of amides is 1. The van der Waals surface area contributed by atoms with E-state index in [9.17, 15) is 14.7 Å². The van der Waals surface area contributed by atoms with Gasteiger partial charge in [-0.2, -0.15) is 0 Å². The maximum atomic E-state index is 12.5. The number of carbonyl (C=O) groups is 2. The zero-order chi connectivity index (χ0) is 17.8. The molecule has 2 unspecified atom stereocenters. The molecule has 1 aromatic carbocycles. The van der Waals surface area contributed by atoms with E-state index in [0.717, 1.165) is 13.0 Å². The number of nitrogens with zero attached hydrogens (tertiary/aromatic N) is 2. The lowest BCUT2D eigenvalue weighted by Gasteiger charge is -2.40. The van der Waals surface area contributed by atoms with Crippen LogP contribution in [-0.2, 0) is 11.3 Å². The van der Waals surface area contributed by atoms with Crippen molar-refractivity contribution in [3.63, 3.8) is 0 Å². The van der Waals surface area contributed by atoms with Crippen LogP contribution in [0.1, 0.15) is 28.8 Å². The van der Waals surface area contributed by atoms with Gasteiger partial charge in [-0.25, -0.2) is 4.79 Å². The third-order valence-electron chi connectivity index (χ3n) is 4.79. The normalized spacial score (nSPS) is 20.6. The zero-order valence-electron chi connectivity index (χ0n) is 14.2. The summed E-state index contributed by atoms with van der Waals surface area (Å²) in [5, 5.41) is 9.61. The van der Waals surface area contributed by atoms with E-state index in [2.05, 4.69) is 17.0 Å². The lowest BCUT2D eigenvalue weighted by atomic mass is 9.95. The van der Waals surface area contributed by atoms with Crippen LogP contribution in [0.3, 0.4) is 0 Å². The van der Waals surface area contributed by atoms with Gasteiger partial charge in [-0.3, -0.25) is 9.69 Å². The molecule has 0 bridgehead atoms. The molecule has 0 spiro atoms. The highest BCUT2D eigenvalue weighted by molar-refractivity contribution is 5.96. The minimum atomic E-state index is -0.963. The van der Waals surface area contributed by atoms with Gasteiger partial charge in [0.15, 0.2) is 0 Å². The van der Waals surface area contributed by atoms with Crippen LogP contribution in [0.5, 0.6) is 0 Å². The summed E-state index contributed by atoms with van der Waals surface area (Å²) in [4.78, 5) is 27.9. The molecule has 132 valence electrons. The van der Waals surface area contributed by atoms with Crippen molar-refractivity contribution in [3.8, 4) is 0 Å². The molecule has 0 saturated carbocycles. The minimum absolute atomic E-state index is 0.120. The monoisotopic (exact) mass is 342 g/mol. The number of carbonyl (C=O) groups excluding carboxylic acids is 1.